The second-order valence-electron chi connectivity index (χ2n) is 6.97. The van der Waals surface area contributed by atoms with E-state index in [1.54, 1.807) is 29.2 Å². The Kier molecular flexibility index (Phi) is 6.46. The van der Waals surface area contributed by atoms with E-state index in [2.05, 4.69) is 21.2 Å². The van der Waals surface area contributed by atoms with Gasteiger partial charge in [0.2, 0.25) is 0 Å². The largest absolute Gasteiger partial charge is 0.372 e. The third-order valence-electron chi connectivity index (χ3n) is 4.53. The number of nitrogens with one attached hydrogen (secondary N) is 1. The molecule has 1 aliphatic heterocycles. The molecular formula is C21H22BrFN2O3. The molecule has 5 nitrogen and oxygen atoms in total. The molecule has 28 heavy (non-hydrogen) atoms. The fraction of sp³-hybridized carbons (Fsp3) is 0.333. The van der Waals surface area contributed by atoms with Crippen LogP contribution in [-0.2, 0) is 11.3 Å². The molecule has 1 heterocycles. The zero-order valence-electron chi connectivity index (χ0n) is 15.7. The Bertz CT molecular complexity index is 862. The second-order valence-corrected chi connectivity index (χ2v) is 7.89. The van der Waals surface area contributed by atoms with Crippen molar-refractivity contribution in [3.8, 4) is 0 Å². The molecule has 0 saturated carbocycles. The number of ether oxygens (including phenoxy) is 1. The number of amides is 2. The second kappa shape index (κ2) is 8.84. The van der Waals surface area contributed by atoms with Gasteiger partial charge in [-0.05, 0) is 49.7 Å². The standard InChI is InChI=1S/C21H22BrFN2O3/c1-13-11-25(12-14(2)28-13)21(27)16-5-3-15(4-6-16)10-24-20(26)18-9-17(22)7-8-19(18)23/h3-9,13-14H,10-12H2,1-2H3,(H,24,26). The molecule has 7 heteroatoms. The number of carbonyl (C=O) groups excluding carboxylic acids is 2. The number of morpholine rings is 1. The molecule has 2 atom stereocenters. The monoisotopic (exact) mass is 448 g/mol. The van der Waals surface area contributed by atoms with Crippen LogP contribution in [0.15, 0.2) is 46.9 Å². The predicted octanol–water partition coefficient (Wildman–Crippen LogP) is 3.77. The molecule has 2 aromatic rings. The van der Waals surface area contributed by atoms with Gasteiger partial charge in [0, 0.05) is 29.7 Å². The number of nitrogens with zero attached hydrogens (tertiary/aromatic N) is 1. The van der Waals surface area contributed by atoms with E-state index in [-0.39, 0.29) is 30.2 Å². The van der Waals surface area contributed by atoms with E-state index in [9.17, 15) is 14.0 Å². The molecular weight excluding hydrogens is 427 g/mol. The number of benzene rings is 2. The van der Waals surface area contributed by atoms with Gasteiger partial charge in [-0.1, -0.05) is 28.1 Å². The minimum Gasteiger partial charge on any atom is -0.372 e. The molecule has 2 aromatic carbocycles. The fourth-order valence-corrected chi connectivity index (χ4v) is 3.60. The SMILES string of the molecule is CC1CN(C(=O)c2ccc(CNC(=O)c3cc(Br)ccc3F)cc2)CC(C)O1. The predicted molar refractivity (Wildman–Crippen MR) is 108 cm³/mol. The summed E-state index contributed by atoms with van der Waals surface area (Å²) in [6.07, 6.45) is 0.0289. The molecule has 0 aromatic heterocycles. The zero-order valence-corrected chi connectivity index (χ0v) is 17.3. The summed E-state index contributed by atoms with van der Waals surface area (Å²) in [5, 5.41) is 2.70. The Morgan fingerprint density at radius 3 is 2.43 bits per heavy atom. The number of rotatable bonds is 4. The first-order valence-electron chi connectivity index (χ1n) is 9.10. The molecule has 0 spiro atoms. The highest BCUT2D eigenvalue weighted by atomic mass is 79.9. The normalized spacial score (nSPS) is 19.4. The van der Waals surface area contributed by atoms with E-state index in [1.165, 1.54) is 18.2 Å². The molecule has 1 N–H and O–H groups in total. The number of halogens is 2. The summed E-state index contributed by atoms with van der Waals surface area (Å²) < 4.78 is 20.1. The Balaban J connectivity index is 1.60. The highest BCUT2D eigenvalue weighted by Crippen LogP contribution is 2.17. The fourth-order valence-electron chi connectivity index (χ4n) is 3.24. The first-order valence-corrected chi connectivity index (χ1v) is 9.89. The maximum absolute atomic E-state index is 13.8. The summed E-state index contributed by atoms with van der Waals surface area (Å²) in [5.74, 6) is -1.10. The summed E-state index contributed by atoms with van der Waals surface area (Å²) in [5.41, 5.74) is 1.40. The summed E-state index contributed by atoms with van der Waals surface area (Å²) >= 11 is 3.23. The van der Waals surface area contributed by atoms with Crippen molar-refractivity contribution in [2.45, 2.75) is 32.6 Å². The van der Waals surface area contributed by atoms with Crippen molar-refractivity contribution >= 4 is 27.7 Å². The lowest BCUT2D eigenvalue weighted by Crippen LogP contribution is -2.48. The van der Waals surface area contributed by atoms with Crippen molar-refractivity contribution in [2.75, 3.05) is 13.1 Å². The molecule has 1 aliphatic rings. The van der Waals surface area contributed by atoms with Crippen LogP contribution in [0.1, 0.15) is 40.1 Å². The molecule has 3 rings (SSSR count). The Morgan fingerprint density at radius 1 is 1.14 bits per heavy atom. The lowest BCUT2D eigenvalue weighted by molar-refractivity contribution is -0.0586. The molecule has 148 valence electrons. The summed E-state index contributed by atoms with van der Waals surface area (Å²) in [7, 11) is 0. The van der Waals surface area contributed by atoms with Gasteiger partial charge in [-0.25, -0.2) is 4.39 Å². The number of hydrogen-bond donors (Lipinski definition) is 1. The van der Waals surface area contributed by atoms with Crippen molar-refractivity contribution in [1.29, 1.82) is 0 Å². The first kappa shape index (κ1) is 20.5. The average Bonchev–Trinajstić information content (AvgIpc) is 2.67. The highest BCUT2D eigenvalue weighted by molar-refractivity contribution is 9.10. The van der Waals surface area contributed by atoms with Crippen LogP contribution >= 0.6 is 15.9 Å². The van der Waals surface area contributed by atoms with Gasteiger partial charge in [-0.2, -0.15) is 0 Å². The first-order chi connectivity index (χ1) is 13.3. The van der Waals surface area contributed by atoms with E-state index in [1.807, 2.05) is 13.8 Å². The molecule has 0 bridgehead atoms. The van der Waals surface area contributed by atoms with Crippen molar-refractivity contribution < 1.29 is 18.7 Å². The molecule has 0 aliphatic carbocycles. The summed E-state index contributed by atoms with van der Waals surface area (Å²) in [6.45, 7) is 5.29. The number of hydrogen-bond acceptors (Lipinski definition) is 3. The number of carbonyl (C=O) groups is 2. The minimum absolute atomic E-state index is 0.0144. The van der Waals surface area contributed by atoms with Crippen molar-refractivity contribution in [3.05, 3.63) is 69.4 Å². The van der Waals surface area contributed by atoms with E-state index >= 15 is 0 Å². The molecule has 1 saturated heterocycles. The third-order valence-corrected chi connectivity index (χ3v) is 5.03. The summed E-state index contributed by atoms with van der Waals surface area (Å²) in [4.78, 5) is 26.7. The van der Waals surface area contributed by atoms with E-state index in [0.29, 0.717) is 23.1 Å². The van der Waals surface area contributed by atoms with E-state index in [4.69, 9.17) is 4.74 Å². The van der Waals surface area contributed by atoms with Crippen LogP contribution in [0, 0.1) is 5.82 Å². The van der Waals surface area contributed by atoms with Gasteiger partial charge in [-0.3, -0.25) is 9.59 Å². The lowest BCUT2D eigenvalue weighted by atomic mass is 10.1. The smallest absolute Gasteiger partial charge is 0.254 e. The minimum atomic E-state index is -0.574. The van der Waals surface area contributed by atoms with Crippen LogP contribution in [-0.4, -0.2) is 42.0 Å². The molecule has 2 unspecified atom stereocenters. The third kappa shape index (κ3) is 4.97. The van der Waals surface area contributed by atoms with Crippen LogP contribution < -0.4 is 5.32 Å². The van der Waals surface area contributed by atoms with Gasteiger partial charge >= 0.3 is 0 Å². The maximum atomic E-state index is 13.8. The van der Waals surface area contributed by atoms with Crippen LogP contribution in [0.5, 0.6) is 0 Å². The molecule has 1 fully saturated rings. The van der Waals surface area contributed by atoms with Gasteiger partial charge in [0.05, 0.1) is 17.8 Å². The highest BCUT2D eigenvalue weighted by Gasteiger charge is 2.26. The quantitative estimate of drug-likeness (QED) is 0.774. The van der Waals surface area contributed by atoms with Crippen LogP contribution in [0.4, 0.5) is 4.39 Å². The van der Waals surface area contributed by atoms with Gasteiger partial charge in [0.15, 0.2) is 0 Å². The van der Waals surface area contributed by atoms with E-state index < -0.39 is 11.7 Å². The van der Waals surface area contributed by atoms with Gasteiger partial charge in [-0.15, -0.1) is 0 Å². The Hall–Kier alpha value is -2.25. The van der Waals surface area contributed by atoms with Gasteiger partial charge in [0.1, 0.15) is 5.82 Å². The molecule has 2 amide bonds. The van der Waals surface area contributed by atoms with Crippen LogP contribution in [0.25, 0.3) is 0 Å². The molecule has 0 radical (unpaired) electrons. The maximum Gasteiger partial charge on any atom is 0.254 e. The van der Waals surface area contributed by atoms with Crippen molar-refractivity contribution in [2.24, 2.45) is 0 Å². The zero-order chi connectivity index (χ0) is 20.3. The van der Waals surface area contributed by atoms with Crippen LogP contribution in [0.2, 0.25) is 0 Å². The summed E-state index contributed by atoms with van der Waals surface area (Å²) in [6, 6.07) is 11.3. The topological polar surface area (TPSA) is 58.6 Å². The van der Waals surface area contributed by atoms with Crippen molar-refractivity contribution in [3.63, 3.8) is 0 Å². The Morgan fingerprint density at radius 2 is 1.79 bits per heavy atom. The van der Waals surface area contributed by atoms with Crippen LogP contribution in [0.3, 0.4) is 0 Å². The lowest BCUT2D eigenvalue weighted by Gasteiger charge is -2.35. The van der Waals surface area contributed by atoms with Crippen molar-refractivity contribution in [1.82, 2.24) is 10.2 Å². The van der Waals surface area contributed by atoms with E-state index in [0.717, 1.165) is 5.56 Å². The van der Waals surface area contributed by atoms with Gasteiger partial charge < -0.3 is 15.0 Å². The van der Waals surface area contributed by atoms with Gasteiger partial charge in [0.25, 0.3) is 11.8 Å². The average molecular weight is 449 g/mol. The Labute approximate surface area is 172 Å².